The van der Waals surface area contributed by atoms with Crippen molar-refractivity contribution in [2.75, 3.05) is 16.8 Å². The molecule has 6 heteroatoms. The Morgan fingerprint density at radius 3 is 2.46 bits per heavy atom. The van der Waals surface area contributed by atoms with Crippen molar-refractivity contribution in [3.8, 4) is 0 Å². The summed E-state index contributed by atoms with van der Waals surface area (Å²) < 4.78 is 0. The Kier molecular flexibility index (Phi) is 5.53. The number of Topliss-reactive ketones (excluding diaryl/α,β-unsaturated/α-hetero) is 1. The fraction of sp³-hybridized carbons (Fsp3) is 0.200. The van der Waals surface area contributed by atoms with E-state index in [1.54, 1.807) is 25.3 Å². The summed E-state index contributed by atoms with van der Waals surface area (Å²) in [5.41, 5.74) is 2.69. The largest absolute Gasteiger partial charge is 0.351 e. The first-order chi connectivity index (χ1) is 12.7. The molecule has 0 bridgehead atoms. The summed E-state index contributed by atoms with van der Waals surface area (Å²) in [5, 5.41) is 11.2. The molecule has 3 aromatic rings. The van der Waals surface area contributed by atoms with Crippen LogP contribution in [0.25, 0.3) is 0 Å². The summed E-state index contributed by atoms with van der Waals surface area (Å²) in [4.78, 5) is 18.1. The number of nitrogens with one attached hydrogen (secondary N) is 1. The molecule has 0 spiro atoms. The number of rotatable bonds is 7. The van der Waals surface area contributed by atoms with Gasteiger partial charge in [-0.1, -0.05) is 30.3 Å². The molecule has 3 rings (SSSR count). The highest BCUT2D eigenvalue weighted by atomic mass is 16.1. The molecule has 0 unspecified atom stereocenters. The number of carbonyl (C=O) groups excluding carboxylic acids is 1. The molecule has 1 heterocycles. The summed E-state index contributed by atoms with van der Waals surface area (Å²) >= 11 is 0. The van der Waals surface area contributed by atoms with Crippen LogP contribution in [0.15, 0.2) is 60.8 Å². The van der Waals surface area contributed by atoms with E-state index in [1.165, 1.54) is 5.56 Å². The molecule has 132 valence electrons. The van der Waals surface area contributed by atoms with E-state index in [0.717, 1.165) is 24.6 Å². The second-order valence-electron chi connectivity index (χ2n) is 5.90. The number of anilines is 3. The lowest BCUT2D eigenvalue weighted by Gasteiger charge is -2.21. The van der Waals surface area contributed by atoms with E-state index >= 15 is 0 Å². The summed E-state index contributed by atoms with van der Waals surface area (Å²) in [6.07, 6.45) is 1.66. The zero-order chi connectivity index (χ0) is 18.4. The van der Waals surface area contributed by atoms with Gasteiger partial charge in [-0.3, -0.25) is 4.79 Å². The van der Waals surface area contributed by atoms with Gasteiger partial charge in [-0.2, -0.15) is 10.1 Å². The van der Waals surface area contributed by atoms with Crippen molar-refractivity contribution >= 4 is 23.2 Å². The first-order valence-corrected chi connectivity index (χ1v) is 8.52. The average molecular weight is 347 g/mol. The van der Waals surface area contributed by atoms with Crippen molar-refractivity contribution < 1.29 is 4.79 Å². The molecule has 0 amide bonds. The molecule has 0 radical (unpaired) electrons. The van der Waals surface area contributed by atoms with Crippen LogP contribution in [0.5, 0.6) is 0 Å². The molecular weight excluding hydrogens is 326 g/mol. The highest BCUT2D eigenvalue weighted by Crippen LogP contribution is 2.18. The van der Waals surface area contributed by atoms with Crippen molar-refractivity contribution in [3.05, 3.63) is 71.9 Å². The summed E-state index contributed by atoms with van der Waals surface area (Å²) in [5.74, 6) is 1.22. The van der Waals surface area contributed by atoms with E-state index in [0.29, 0.717) is 11.5 Å². The third-order valence-electron chi connectivity index (χ3n) is 4.02. The van der Waals surface area contributed by atoms with Crippen LogP contribution < -0.4 is 10.2 Å². The third-order valence-corrected chi connectivity index (χ3v) is 4.02. The highest BCUT2D eigenvalue weighted by Gasteiger charge is 2.09. The number of hydrogen-bond donors (Lipinski definition) is 1. The van der Waals surface area contributed by atoms with Gasteiger partial charge in [0.25, 0.3) is 0 Å². The van der Waals surface area contributed by atoms with Gasteiger partial charge >= 0.3 is 0 Å². The zero-order valence-electron chi connectivity index (χ0n) is 14.9. The van der Waals surface area contributed by atoms with E-state index in [9.17, 15) is 4.79 Å². The van der Waals surface area contributed by atoms with Crippen molar-refractivity contribution in [1.29, 1.82) is 0 Å². The molecule has 26 heavy (non-hydrogen) atoms. The summed E-state index contributed by atoms with van der Waals surface area (Å²) in [7, 11) is 0. The molecule has 2 aromatic carbocycles. The van der Waals surface area contributed by atoms with E-state index in [-0.39, 0.29) is 5.78 Å². The smallest absolute Gasteiger partial charge is 0.249 e. The molecule has 0 saturated carbocycles. The molecule has 0 aliphatic rings. The van der Waals surface area contributed by atoms with Gasteiger partial charge < -0.3 is 10.2 Å². The molecule has 6 nitrogen and oxygen atoms in total. The minimum Gasteiger partial charge on any atom is -0.351 e. The number of carbonyl (C=O) groups is 1. The molecule has 0 fully saturated rings. The molecule has 0 aliphatic heterocycles. The van der Waals surface area contributed by atoms with Gasteiger partial charge in [0.05, 0.1) is 6.20 Å². The van der Waals surface area contributed by atoms with Crippen molar-refractivity contribution in [2.45, 2.75) is 20.4 Å². The van der Waals surface area contributed by atoms with Gasteiger partial charge in [0.15, 0.2) is 11.6 Å². The Morgan fingerprint density at radius 1 is 1.08 bits per heavy atom. The topological polar surface area (TPSA) is 71.0 Å². The standard InChI is InChI=1S/C20H21N5O/c1-3-25(14-16-7-5-4-6-8-16)19-13-21-24-20(23-19)22-18-11-9-17(10-12-18)15(2)26/h4-13H,3,14H2,1-2H3,(H,22,23,24). The predicted molar refractivity (Wildman–Crippen MR) is 103 cm³/mol. The number of hydrogen-bond acceptors (Lipinski definition) is 6. The Labute approximate surface area is 152 Å². The van der Waals surface area contributed by atoms with E-state index in [1.807, 2.05) is 30.3 Å². The molecule has 1 N–H and O–H groups in total. The average Bonchev–Trinajstić information content (AvgIpc) is 2.67. The van der Waals surface area contributed by atoms with E-state index in [4.69, 9.17) is 0 Å². The predicted octanol–water partition coefficient (Wildman–Crippen LogP) is 3.84. The van der Waals surface area contributed by atoms with Crippen molar-refractivity contribution in [3.63, 3.8) is 0 Å². The maximum absolute atomic E-state index is 11.4. The molecule has 1 aromatic heterocycles. The third kappa shape index (κ3) is 4.42. The van der Waals surface area contributed by atoms with Crippen molar-refractivity contribution in [2.24, 2.45) is 0 Å². The lowest BCUT2D eigenvalue weighted by molar-refractivity contribution is 0.101. The number of aromatic nitrogens is 3. The fourth-order valence-corrected chi connectivity index (χ4v) is 2.58. The minimum atomic E-state index is 0.0379. The fourth-order valence-electron chi connectivity index (χ4n) is 2.58. The first kappa shape index (κ1) is 17.5. The molecule has 0 saturated heterocycles. The maximum Gasteiger partial charge on any atom is 0.249 e. The molecule has 0 aliphatic carbocycles. The maximum atomic E-state index is 11.4. The normalized spacial score (nSPS) is 10.4. The zero-order valence-corrected chi connectivity index (χ0v) is 14.9. The van der Waals surface area contributed by atoms with Crippen LogP contribution in [-0.4, -0.2) is 27.5 Å². The Bertz CT molecular complexity index is 865. The summed E-state index contributed by atoms with van der Waals surface area (Å²) in [6.45, 7) is 5.19. The quantitative estimate of drug-likeness (QED) is 0.655. The molecule has 0 atom stereocenters. The van der Waals surface area contributed by atoms with Crippen molar-refractivity contribution in [1.82, 2.24) is 15.2 Å². The van der Waals surface area contributed by atoms with Gasteiger partial charge in [-0.15, -0.1) is 5.10 Å². The van der Waals surface area contributed by atoms with Gasteiger partial charge in [0, 0.05) is 24.3 Å². The van der Waals surface area contributed by atoms with E-state index < -0.39 is 0 Å². The second-order valence-corrected chi connectivity index (χ2v) is 5.90. The lowest BCUT2D eigenvalue weighted by atomic mass is 10.1. The van der Waals surface area contributed by atoms with Gasteiger partial charge in [0.2, 0.25) is 5.95 Å². The van der Waals surface area contributed by atoms with Crippen LogP contribution in [0.1, 0.15) is 29.8 Å². The highest BCUT2D eigenvalue weighted by molar-refractivity contribution is 5.94. The van der Waals surface area contributed by atoms with Crippen LogP contribution >= 0.6 is 0 Å². The van der Waals surface area contributed by atoms with Crippen LogP contribution in [0, 0.1) is 0 Å². The van der Waals surface area contributed by atoms with Gasteiger partial charge in [-0.25, -0.2) is 0 Å². The van der Waals surface area contributed by atoms with Gasteiger partial charge in [0.1, 0.15) is 0 Å². The van der Waals surface area contributed by atoms with Crippen LogP contribution in [0.4, 0.5) is 17.5 Å². The van der Waals surface area contributed by atoms with Crippen LogP contribution in [0.2, 0.25) is 0 Å². The van der Waals surface area contributed by atoms with Crippen LogP contribution in [0.3, 0.4) is 0 Å². The Hall–Kier alpha value is -3.28. The first-order valence-electron chi connectivity index (χ1n) is 8.52. The lowest BCUT2D eigenvalue weighted by Crippen LogP contribution is -2.23. The number of nitrogens with zero attached hydrogens (tertiary/aromatic N) is 4. The Morgan fingerprint density at radius 2 is 1.81 bits per heavy atom. The minimum absolute atomic E-state index is 0.0379. The van der Waals surface area contributed by atoms with E-state index in [2.05, 4.69) is 44.5 Å². The Balaban J connectivity index is 1.75. The van der Waals surface area contributed by atoms with Gasteiger partial charge in [-0.05, 0) is 43.7 Å². The SMILES string of the molecule is CCN(Cc1ccccc1)c1cnnc(Nc2ccc(C(C)=O)cc2)n1. The second kappa shape index (κ2) is 8.20. The molecular formula is C20H21N5O. The summed E-state index contributed by atoms with van der Waals surface area (Å²) in [6, 6.07) is 17.4. The number of ketones is 1. The monoisotopic (exact) mass is 347 g/mol. The number of benzene rings is 2. The van der Waals surface area contributed by atoms with Crippen LogP contribution in [-0.2, 0) is 6.54 Å².